The molecule has 0 heterocycles. The summed E-state index contributed by atoms with van der Waals surface area (Å²) < 4.78 is 11.0. The molecule has 3 heteroatoms. The first-order chi connectivity index (χ1) is 9.86. The Hall–Kier alpha value is -1.06. The topological polar surface area (TPSA) is 30.5 Å². The predicted molar refractivity (Wildman–Crippen MR) is 82.2 cm³/mol. The van der Waals surface area contributed by atoms with Crippen molar-refractivity contribution in [1.82, 2.24) is 5.32 Å². The highest BCUT2D eigenvalue weighted by molar-refractivity contribution is 5.36. The summed E-state index contributed by atoms with van der Waals surface area (Å²) in [6.07, 6.45) is 5.37. The molecule has 0 radical (unpaired) electrons. The van der Waals surface area contributed by atoms with Gasteiger partial charge in [0.05, 0.1) is 6.61 Å². The monoisotopic (exact) mass is 277 g/mol. The van der Waals surface area contributed by atoms with Gasteiger partial charge in [-0.05, 0) is 31.4 Å². The first-order valence-corrected chi connectivity index (χ1v) is 7.80. The second kappa shape index (κ2) is 8.28. The van der Waals surface area contributed by atoms with E-state index in [0.29, 0.717) is 19.3 Å². The molecule has 1 N–H and O–H groups in total. The summed E-state index contributed by atoms with van der Waals surface area (Å²) in [5.74, 6) is 1.74. The standard InChI is InChI=1S/C17H27NO2/c1-3-18-17(14-8-4-5-9-14)15-10-6-7-11-16(15)20-13-12-19-2/h6-7,10-11,14,17-18H,3-5,8-9,12-13H2,1-2H3. The van der Waals surface area contributed by atoms with Crippen LogP contribution in [0, 0.1) is 5.92 Å². The van der Waals surface area contributed by atoms with Gasteiger partial charge in [-0.25, -0.2) is 0 Å². The van der Waals surface area contributed by atoms with Crippen molar-refractivity contribution >= 4 is 0 Å². The van der Waals surface area contributed by atoms with Crippen LogP contribution in [0.4, 0.5) is 0 Å². The van der Waals surface area contributed by atoms with E-state index in [9.17, 15) is 0 Å². The van der Waals surface area contributed by atoms with Gasteiger partial charge >= 0.3 is 0 Å². The predicted octanol–water partition coefficient (Wildman–Crippen LogP) is 3.55. The zero-order valence-electron chi connectivity index (χ0n) is 12.7. The molecule has 1 saturated carbocycles. The first-order valence-electron chi connectivity index (χ1n) is 7.80. The van der Waals surface area contributed by atoms with Crippen LogP contribution < -0.4 is 10.1 Å². The molecule has 1 aromatic rings. The second-order valence-electron chi connectivity index (χ2n) is 5.46. The molecule has 2 rings (SSSR count). The number of ether oxygens (including phenoxy) is 2. The fraction of sp³-hybridized carbons (Fsp3) is 0.647. The third-order valence-electron chi connectivity index (χ3n) is 4.09. The van der Waals surface area contributed by atoms with Crippen molar-refractivity contribution < 1.29 is 9.47 Å². The van der Waals surface area contributed by atoms with Crippen LogP contribution in [-0.2, 0) is 4.74 Å². The maximum atomic E-state index is 5.90. The molecule has 1 fully saturated rings. The quantitative estimate of drug-likeness (QED) is 0.737. The summed E-state index contributed by atoms with van der Waals surface area (Å²) in [6.45, 7) is 4.41. The van der Waals surface area contributed by atoms with Crippen LogP contribution in [0.2, 0.25) is 0 Å². The number of hydrogen-bond donors (Lipinski definition) is 1. The van der Waals surface area contributed by atoms with E-state index in [-0.39, 0.29) is 0 Å². The smallest absolute Gasteiger partial charge is 0.124 e. The largest absolute Gasteiger partial charge is 0.491 e. The van der Waals surface area contributed by atoms with Crippen LogP contribution in [0.5, 0.6) is 5.75 Å². The van der Waals surface area contributed by atoms with Crippen molar-refractivity contribution in [2.75, 3.05) is 26.9 Å². The number of para-hydroxylation sites is 1. The maximum Gasteiger partial charge on any atom is 0.124 e. The fourth-order valence-corrected chi connectivity index (χ4v) is 3.15. The lowest BCUT2D eigenvalue weighted by Gasteiger charge is -2.26. The summed E-state index contributed by atoms with van der Waals surface area (Å²) in [5, 5.41) is 3.66. The van der Waals surface area contributed by atoms with Gasteiger partial charge in [-0.15, -0.1) is 0 Å². The van der Waals surface area contributed by atoms with Gasteiger partial charge in [0.25, 0.3) is 0 Å². The Labute approximate surface area is 122 Å². The normalized spacial score (nSPS) is 17.3. The molecule has 0 aromatic heterocycles. The van der Waals surface area contributed by atoms with E-state index in [1.54, 1.807) is 7.11 Å². The second-order valence-corrected chi connectivity index (χ2v) is 5.46. The van der Waals surface area contributed by atoms with Gasteiger partial charge in [0, 0.05) is 18.7 Å². The van der Waals surface area contributed by atoms with Gasteiger partial charge in [-0.3, -0.25) is 0 Å². The summed E-state index contributed by atoms with van der Waals surface area (Å²) >= 11 is 0. The van der Waals surface area contributed by atoms with Gasteiger partial charge in [0.2, 0.25) is 0 Å². The lowest BCUT2D eigenvalue weighted by Crippen LogP contribution is -2.27. The number of nitrogens with one attached hydrogen (secondary N) is 1. The molecule has 0 spiro atoms. The summed E-state index contributed by atoms with van der Waals surface area (Å²) in [5.41, 5.74) is 1.30. The molecule has 0 saturated heterocycles. The zero-order chi connectivity index (χ0) is 14.2. The van der Waals surface area contributed by atoms with Gasteiger partial charge < -0.3 is 14.8 Å². The average molecular weight is 277 g/mol. The Bertz CT molecular complexity index is 388. The molecule has 3 nitrogen and oxygen atoms in total. The van der Waals surface area contributed by atoms with Crippen molar-refractivity contribution in [2.24, 2.45) is 5.92 Å². The number of methoxy groups -OCH3 is 1. The van der Waals surface area contributed by atoms with Crippen LogP contribution >= 0.6 is 0 Å². The van der Waals surface area contributed by atoms with E-state index in [4.69, 9.17) is 9.47 Å². The first kappa shape index (κ1) is 15.3. The molecule has 1 aliphatic rings. The third kappa shape index (κ3) is 3.97. The molecule has 0 bridgehead atoms. The Balaban J connectivity index is 2.13. The number of benzene rings is 1. The van der Waals surface area contributed by atoms with Gasteiger partial charge in [0.15, 0.2) is 0 Å². The fourth-order valence-electron chi connectivity index (χ4n) is 3.15. The molecule has 1 aromatic carbocycles. The Kier molecular flexibility index (Phi) is 6.34. The number of rotatable bonds is 8. The molecule has 1 aliphatic carbocycles. The van der Waals surface area contributed by atoms with Crippen molar-refractivity contribution in [3.8, 4) is 5.75 Å². The lowest BCUT2D eigenvalue weighted by atomic mass is 9.91. The SMILES string of the molecule is CCNC(c1ccccc1OCCOC)C1CCCC1. The zero-order valence-corrected chi connectivity index (χ0v) is 12.7. The van der Waals surface area contributed by atoms with Crippen LogP contribution in [0.1, 0.15) is 44.2 Å². The van der Waals surface area contributed by atoms with Crippen LogP contribution in [0.15, 0.2) is 24.3 Å². The Morgan fingerprint density at radius 2 is 1.95 bits per heavy atom. The minimum Gasteiger partial charge on any atom is -0.491 e. The van der Waals surface area contributed by atoms with Crippen LogP contribution in [-0.4, -0.2) is 26.9 Å². The van der Waals surface area contributed by atoms with Gasteiger partial charge in [0.1, 0.15) is 12.4 Å². The van der Waals surface area contributed by atoms with Crippen molar-refractivity contribution in [1.29, 1.82) is 0 Å². The molecule has 0 aliphatic heterocycles. The van der Waals surface area contributed by atoms with Gasteiger partial charge in [-0.2, -0.15) is 0 Å². The van der Waals surface area contributed by atoms with E-state index >= 15 is 0 Å². The van der Waals surface area contributed by atoms with Crippen molar-refractivity contribution in [3.63, 3.8) is 0 Å². The summed E-state index contributed by atoms with van der Waals surface area (Å²) in [6, 6.07) is 8.85. The van der Waals surface area contributed by atoms with E-state index < -0.39 is 0 Å². The molecule has 1 unspecified atom stereocenters. The van der Waals surface area contributed by atoms with Crippen molar-refractivity contribution in [2.45, 2.75) is 38.6 Å². The summed E-state index contributed by atoms with van der Waals surface area (Å²) in [4.78, 5) is 0. The highest BCUT2D eigenvalue weighted by Gasteiger charge is 2.27. The molecule has 1 atom stereocenters. The van der Waals surface area contributed by atoms with Crippen LogP contribution in [0.25, 0.3) is 0 Å². The maximum absolute atomic E-state index is 5.90. The number of hydrogen-bond acceptors (Lipinski definition) is 3. The molecular formula is C17H27NO2. The van der Waals surface area contributed by atoms with E-state index in [1.165, 1.54) is 31.2 Å². The molecule has 20 heavy (non-hydrogen) atoms. The minimum atomic E-state index is 0.418. The lowest BCUT2D eigenvalue weighted by molar-refractivity contribution is 0.145. The van der Waals surface area contributed by atoms with Crippen molar-refractivity contribution in [3.05, 3.63) is 29.8 Å². The summed E-state index contributed by atoms with van der Waals surface area (Å²) in [7, 11) is 1.70. The van der Waals surface area contributed by atoms with E-state index in [1.807, 2.05) is 6.07 Å². The molecule has 0 amide bonds. The highest BCUT2D eigenvalue weighted by Crippen LogP contribution is 2.38. The Morgan fingerprint density at radius 1 is 1.20 bits per heavy atom. The molecular weight excluding hydrogens is 250 g/mol. The molecule has 112 valence electrons. The Morgan fingerprint density at radius 3 is 2.65 bits per heavy atom. The highest BCUT2D eigenvalue weighted by atomic mass is 16.5. The third-order valence-corrected chi connectivity index (χ3v) is 4.09. The van der Waals surface area contributed by atoms with E-state index in [0.717, 1.165) is 18.2 Å². The minimum absolute atomic E-state index is 0.418. The van der Waals surface area contributed by atoms with E-state index in [2.05, 4.69) is 30.4 Å². The average Bonchev–Trinajstić information content (AvgIpc) is 3.00. The van der Waals surface area contributed by atoms with Crippen LogP contribution in [0.3, 0.4) is 0 Å². The van der Waals surface area contributed by atoms with Gasteiger partial charge in [-0.1, -0.05) is 38.0 Å².